The molecule has 1 atom stereocenters. The number of halogens is 1. The first-order valence-electron chi connectivity index (χ1n) is 9.77. The molecule has 30 heavy (non-hydrogen) atoms. The highest BCUT2D eigenvalue weighted by Gasteiger charge is 2.43. The summed E-state index contributed by atoms with van der Waals surface area (Å²) in [4.78, 5) is 30.2. The van der Waals surface area contributed by atoms with Gasteiger partial charge in [-0.3, -0.25) is 9.59 Å². The number of nitrogens with zero attached hydrogens (tertiary/aromatic N) is 2. The number of amides is 1. The van der Waals surface area contributed by atoms with Gasteiger partial charge in [0.05, 0.1) is 24.1 Å². The minimum absolute atomic E-state index is 0.0288. The lowest BCUT2D eigenvalue weighted by Gasteiger charge is -2.26. The molecule has 156 valence electrons. The lowest BCUT2D eigenvalue weighted by atomic mass is 9.98. The van der Waals surface area contributed by atoms with Gasteiger partial charge in [-0.25, -0.2) is 4.39 Å². The van der Waals surface area contributed by atoms with Gasteiger partial charge in [0.2, 0.25) is 5.76 Å². The summed E-state index contributed by atoms with van der Waals surface area (Å²) in [6.45, 7) is 1.13. The second-order valence-corrected chi connectivity index (χ2v) is 7.62. The van der Waals surface area contributed by atoms with Crippen LogP contribution in [0.25, 0.3) is 11.0 Å². The first-order valence-corrected chi connectivity index (χ1v) is 9.77. The molecule has 0 fully saturated rings. The topological polar surface area (TPSA) is 63.0 Å². The van der Waals surface area contributed by atoms with Gasteiger partial charge in [-0.1, -0.05) is 18.2 Å². The third-order valence-electron chi connectivity index (χ3n) is 5.38. The first-order chi connectivity index (χ1) is 14.4. The molecule has 0 saturated carbocycles. The molecule has 0 spiro atoms. The number of rotatable bonds is 6. The molecule has 1 amide bonds. The summed E-state index contributed by atoms with van der Waals surface area (Å²) >= 11 is 0. The van der Waals surface area contributed by atoms with Crippen molar-refractivity contribution in [3.8, 4) is 5.75 Å². The molecule has 0 unspecified atom stereocenters. The minimum atomic E-state index is -0.821. The van der Waals surface area contributed by atoms with E-state index in [1.54, 1.807) is 36.4 Å². The Balaban J connectivity index is 1.90. The lowest BCUT2D eigenvalue weighted by Crippen LogP contribution is -2.32. The molecule has 2 heterocycles. The molecule has 0 aliphatic carbocycles. The van der Waals surface area contributed by atoms with Crippen LogP contribution in [-0.4, -0.2) is 50.0 Å². The van der Waals surface area contributed by atoms with Gasteiger partial charge in [0.1, 0.15) is 17.1 Å². The summed E-state index contributed by atoms with van der Waals surface area (Å²) in [5.41, 5.74) is 0.418. The van der Waals surface area contributed by atoms with Crippen LogP contribution in [0.15, 0.2) is 51.7 Å². The average molecular weight is 410 g/mol. The summed E-state index contributed by atoms with van der Waals surface area (Å²) in [5, 5.41) is 0.332. The SMILES string of the molecule is COc1ccc2c(=O)c3c(oc2c1)C(=O)N(CCCN(C)C)[C@H]3c1ccccc1F. The number of benzene rings is 2. The minimum Gasteiger partial charge on any atom is -0.497 e. The predicted molar refractivity (Wildman–Crippen MR) is 111 cm³/mol. The van der Waals surface area contributed by atoms with Crippen molar-refractivity contribution in [3.63, 3.8) is 0 Å². The molecule has 0 saturated heterocycles. The Labute approximate surface area is 173 Å². The molecule has 0 radical (unpaired) electrons. The lowest BCUT2D eigenvalue weighted by molar-refractivity contribution is 0.0720. The quantitative estimate of drug-likeness (QED) is 0.623. The van der Waals surface area contributed by atoms with Gasteiger partial charge in [0.25, 0.3) is 5.91 Å². The highest BCUT2D eigenvalue weighted by atomic mass is 19.1. The molecule has 2 aromatic carbocycles. The molecule has 1 aliphatic heterocycles. The van der Waals surface area contributed by atoms with Crippen LogP contribution in [0.2, 0.25) is 0 Å². The standard InChI is InChI=1S/C23H23FN2O4/c1-25(2)11-6-12-26-20(15-7-4-5-8-17(15)24)19-21(27)16-10-9-14(29-3)13-18(16)30-22(19)23(26)28/h4-5,7-10,13,20H,6,11-12H2,1-3H3/t20-/m0/s1. The molecule has 1 aliphatic rings. The molecule has 7 heteroatoms. The average Bonchev–Trinajstić information content (AvgIpc) is 3.00. The maximum absolute atomic E-state index is 14.7. The number of carbonyl (C=O) groups is 1. The van der Waals surface area contributed by atoms with Crippen LogP contribution < -0.4 is 10.2 Å². The van der Waals surface area contributed by atoms with Crippen molar-refractivity contribution in [2.45, 2.75) is 12.5 Å². The Hall–Kier alpha value is -3.19. The van der Waals surface area contributed by atoms with Gasteiger partial charge in [0, 0.05) is 18.2 Å². The van der Waals surface area contributed by atoms with E-state index in [4.69, 9.17) is 9.15 Å². The number of hydrogen-bond donors (Lipinski definition) is 0. The third kappa shape index (κ3) is 3.35. The van der Waals surface area contributed by atoms with Crippen molar-refractivity contribution < 1.29 is 18.3 Å². The highest BCUT2D eigenvalue weighted by Crippen LogP contribution is 2.39. The number of methoxy groups -OCH3 is 1. The van der Waals surface area contributed by atoms with Gasteiger partial charge in [-0.2, -0.15) is 0 Å². The Bertz CT molecular complexity index is 1170. The van der Waals surface area contributed by atoms with E-state index in [2.05, 4.69) is 0 Å². The van der Waals surface area contributed by atoms with E-state index in [1.807, 2.05) is 19.0 Å². The summed E-state index contributed by atoms with van der Waals surface area (Å²) < 4.78 is 25.8. The monoisotopic (exact) mass is 410 g/mol. The van der Waals surface area contributed by atoms with Crippen molar-refractivity contribution in [2.75, 3.05) is 34.3 Å². The zero-order chi connectivity index (χ0) is 21.4. The van der Waals surface area contributed by atoms with Crippen LogP contribution in [0.1, 0.15) is 34.1 Å². The van der Waals surface area contributed by atoms with Crippen LogP contribution >= 0.6 is 0 Å². The Kier molecular flexibility index (Phi) is 5.30. The maximum atomic E-state index is 14.7. The van der Waals surface area contributed by atoms with E-state index in [-0.39, 0.29) is 27.9 Å². The molecular formula is C23H23FN2O4. The van der Waals surface area contributed by atoms with Crippen LogP contribution in [0.4, 0.5) is 4.39 Å². The third-order valence-corrected chi connectivity index (χ3v) is 5.38. The molecular weight excluding hydrogens is 387 g/mol. The second-order valence-electron chi connectivity index (χ2n) is 7.62. The van der Waals surface area contributed by atoms with E-state index in [0.29, 0.717) is 24.1 Å². The fourth-order valence-corrected chi connectivity index (χ4v) is 3.93. The van der Waals surface area contributed by atoms with E-state index < -0.39 is 17.8 Å². The number of hydrogen-bond acceptors (Lipinski definition) is 5. The first kappa shape index (κ1) is 20.1. The normalized spacial score (nSPS) is 15.8. The van der Waals surface area contributed by atoms with Crippen LogP contribution in [0.3, 0.4) is 0 Å². The van der Waals surface area contributed by atoms with E-state index >= 15 is 0 Å². The van der Waals surface area contributed by atoms with Gasteiger partial charge >= 0.3 is 0 Å². The number of fused-ring (bicyclic) bond motifs is 2. The fraction of sp³-hybridized carbons (Fsp3) is 0.304. The Morgan fingerprint density at radius 3 is 2.63 bits per heavy atom. The van der Waals surface area contributed by atoms with Gasteiger partial charge in [-0.15, -0.1) is 0 Å². The molecule has 1 aromatic heterocycles. The predicted octanol–water partition coefficient (Wildman–Crippen LogP) is 3.44. The summed E-state index contributed by atoms with van der Waals surface area (Å²) in [6.07, 6.45) is 0.680. The zero-order valence-electron chi connectivity index (χ0n) is 17.1. The van der Waals surface area contributed by atoms with Crippen LogP contribution in [0.5, 0.6) is 5.75 Å². The van der Waals surface area contributed by atoms with Crippen molar-refractivity contribution in [1.29, 1.82) is 0 Å². The summed E-state index contributed by atoms with van der Waals surface area (Å²) in [5.74, 6) is -0.378. The van der Waals surface area contributed by atoms with Gasteiger partial charge in [-0.05, 0) is 45.3 Å². The number of carbonyl (C=O) groups excluding carboxylic acids is 1. The van der Waals surface area contributed by atoms with Gasteiger partial charge in [0.15, 0.2) is 5.43 Å². The second kappa shape index (κ2) is 7.91. The zero-order valence-corrected chi connectivity index (χ0v) is 17.1. The number of ether oxygens (including phenoxy) is 1. The molecule has 4 rings (SSSR count). The molecule has 0 N–H and O–H groups in total. The van der Waals surface area contributed by atoms with Crippen molar-refractivity contribution in [1.82, 2.24) is 9.80 Å². The largest absolute Gasteiger partial charge is 0.497 e. The van der Waals surface area contributed by atoms with Crippen LogP contribution in [-0.2, 0) is 0 Å². The maximum Gasteiger partial charge on any atom is 0.290 e. The van der Waals surface area contributed by atoms with Gasteiger partial charge < -0.3 is 19.0 Å². The Morgan fingerprint density at radius 2 is 1.93 bits per heavy atom. The van der Waals surface area contributed by atoms with Crippen molar-refractivity contribution in [3.05, 3.63) is 75.4 Å². The van der Waals surface area contributed by atoms with Crippen molar-refractivity contribution in [2.24, 2.45) is 0 Å². The molecule has 6 nitrogen and oxygen atoms in total. The Morgan fingerprint density at radius 1 is 1.17 bits per heavy atom. The van der Waals surface area contributed by atoms with E-state index in [1.165, 1.54) is 18.1 Å². The summed E-state index contributed by atoms with van der Waals surface area (Å²) in [7, 11) is 5.40. The van der Waals surface area contributed by atoms with E-state index in [9.17, 15) is 14.0 Å². The molecule has 0 bridgehead atoms. The molecule has 3 aromatic rings. The highest BCUT2D eigenvalue weighted by molar-refractivity contribution is 5.99. The van der Waals surface area contributed by atoms with E-state index in [0.717, 1.165) is 6.54 Å². The fourth-order valence-electron chi connectivity index (χ4n) is 3.93. The van der Waals surface area contributed by atoms with Crippen molar-refractivity contribution >= 4 is 16.9 Å². The smallest absolute Gasteiger partial charge is 0.290 e. The van der Waals surface area contributed by atoms with Crippen LogP contribution in [0, 0.1) is 5.82 Å². The summed E-state index contributed by atoms with van der Waals surface area (Å²) in [6, 6.07) is 10.3.